The number of nitrogens with one attached hydrogen (secondary N) is 1. The number of carbonyl (C=O) groups excluding carboxylic acids is 2. The van der Waals surface area contributed by atoms with Gasteiger partial charge in [0.05, 0.1) is 6.04 Å². The Morgan fingerprint density at radius 1 is 1.12 bits per heavy atom. The second-order valence-electron chi connectivity index (χ2n) is 6.48. The van der Waals surface area contributed by atoms with Gasteiger partial charge in [0.25, 0.3) is 0 Å². The van der Waals surface area contributed by atoms with E-state index < -0.39 is 0 Å². The molecule has 1 aliphatic heterocycles. The third kappa shape index (κ3) is 4.81. The van der Waals surface area contributed by atoms with Crippen LogP contribution in [0.4, 0.5) is 0 Å². The van der Waals surface area contributed by atoms with Crippen molar-refractivity contribution < 1.29 is 9.59 Å². The highest BCUT2D eigenvalue weighted by Crippen LogP contribution is 2.18. The maximum Gasteiger partial charge on any atom is 0.237 e. The fourth-order valence-electron chi connectivity index (χ4n) is 3.18. The van der Waals surface area contributed by atoms with E-state index in [1.807, 2.05) is 30.0 Å². The molecule has 5 nitrogen and oxygen atoms in total. The molecular weight excluding hydrogens is 302 g/mol. The Morgan fingerprint density at radius 3 is 2.29 bits per heavy atom. The summed E-state index contributed by atoms with van der Waals surface area (Å²) in [6.45, 7) is 9.27. The molecule has 0 aromatic heterocycles. The van der Waals surface area contributed by atoms with E-state index in [4.69, 9.17) is 0 Å². The van der Waals surface area contributed by atoms with Crippen molar-refractivity contribution in [2.75, 3.05) is 32.7 Å². The van der Waals surface area contributed by atoms with Crippen molar-refractivity contribution in [2.24, 2.45) is 0 Å². The zero-order chi connectivity index (χ0) is 17.5. The molecule has 1 N–H and O–H groups in total. The molecule has 0 unspecified atom stereocenters. The van der Waals surface area contributed by atoms with Crippen molar-refractivity contribution in [1.29, 1.82) is 0 Å². The largest absolute Gasteiger partial charge is 0.354 e. The SMILES string of the molecule is CC[C@H](CNC(=O)[C@@H](C)N1CCN(C(C)=O)CC1)c1ccccc1. The highest BCUT2D eigenvalue weighted by molar-refractivity contribution is 5.81. The number of nitrogens with zero attached hydrogens (tertiary/aromatic N) is 2. The van der Waals surface area contributed by atoms with Gasteiger partial charge in [-0.05, 0) is 18.9 Å². The van der Waals surface area contributed by atoms with Crippen molar-refractivity contribution in [3.8, 4) is 0 Å². The molecule has 2 amide bonds. The number of hydrogen-bond donors (Lipinski definition) is 1. The number of carbonyl (C=O) groups is 2. The van der Waals surface area contributed by atoms with Gasteiger partial charge in [0.2, 0.25) is 11.8 Å². The standard InChI is InChI=1S/C19H29N3O2/c1-4-17(18-8-6-5-7-9-18)14-20-19(24)15(2)21-10-12-22(13-11-21)16(3)23/h5-9,15,17H,4,10-14H2,1-3H3,(H,20,24)/t15-,17-/m1/s1. The van der Waals surface area contributed by atoms with Crippen LogP contribution in [0, 0.1) is 0 Å². The summed E-state index contributed by atoms with van der Waals surface area (Å²) in [5, 5.41) is 3.10. The van der Waals surface area contributed by atoms with E-state index in [0.29, 0.717) is 25.6 Å². The average Bonchev–Trinajstić information content (AvgIpc) is 2.62. The lowest BCUT2D eigenvalue weighted by atomic mass is 9.96. The van der Waals surface area contributed by atoms with Crippen molar-refractivity contribution in [1.82, 2.24) is 15.1 Å². The van der Waals surface area contributed by atoms with Gasteiger partial charge in [-0.25, -0.2) is 0 Å². The molecule has 0 bridgehead atoms. The summed E-state index contributed by atoms with van der Waals surface area (Å²) in [6, 6.07) is 10.2. The average molecular weight is 331 g/mol. The van der Waals surface area contributed by atoms with Crippen molar-refractivity contribution in [3.05, 3.63) is 35.9 Å². The van der Waals surface area contributed by atoms with Gasteiger partial charge < -0.3 is 10.2 Å². The van der Waals surface area contributed by atoms with Crippen LogP contribution in [0.5, 0.6) is 0 Å². The quantitative estimate of drug-likeness (QED) is 0.865. The Kier molecular flexibility index (Phi) is 6.79. The van der Waals surface area contributed by atoms with E-state index in [-0.39, 0.29) is 17.9 Å². The smallest absolute Gasteiger partial charge is 0.237 e. The lowest BCUT2D eigenvalue weighted by Crippen LogP contribution is -2.54. The first-order valence-corrected chi connectivity index (χ1v) is 8.85. The molecule has 132 valence electrons. The topological polar surface area (TPSA) is 52.7 Å². The number of hydrogen-bond acceptors (Lipinski definition) is 3. The minimum absolute atomic E-state index is 0.0701. The van der Waals surface area contributed by atoms with Crippen LogP contribution in [0.25, 0.3) is 0 Å². The summed E-state index contributed by atoms with van der Waals surface area (Å²) in [7, 11) is 0. The molecule has 2 rings (SSSR count). The van der Waals surface area contributed by atoms with Gasteiger partial charge in [0.15, 0.2) is 0 Å². The maximum atomic E-state index is 12.5. The first kappa shape index (κ1) is 18.5. The molecular formula is C19H29N3O2. The molecule has 24 heavy (non-hydrogen) atoms. The molecule has 0 spiro atoms. The van der Waals surface area contributed by atoms with E-state index in [1.165, 1.54) is 5.56 Å². The second kappa shape index (κ2) is 8.83. The van der Waals surface area contributed by atoms with Crippen molar-refractivity contribution in [2.45, 2.75) is 39.2 Å². The Bertz CT molecular complexity index is 539. The molecule has 1 aromatic rings. The maximum absolute atomic E-state index is 12.5. The third-order valence-corrected chi connectivity index (χ3v) is 4.97. The van der Waals surface area contributed by atoms with Crippen LogP contribution < -0.4 is 5.32 Å². The summed E-state index contributed by atoms with van der Waals surface area (Å²) >= 11 is 0. The molecule has 0 radical (unpaired) electrons. The molecule has 0 aliphatic carbocycles. The molecule has 2 atom stereocenters. The highest BCUT2D eigenvalue weighted by Gasteiger charge is 2.26. The van der Waals surface area contributed by atoms with Crippen LogP contribution in [0.15, 0.2) is 30.3 Å². The molecule has 0 saturated carbocycles. The summed E-state index contributed by atoms with van der Waals surface area (Å²) in [5.74, 6) is 0.526. The Labute approximate surface area is 145 Å². The number of rotatable bonds is 6. The Balaban J connectivity index is 1.82. The van der Waals surface area contributed by atoms with Crippen molar-refractivity contribution in [3.63, 3.8) is 0 Å². The Morgan fingerprint density at radius 2 is 1.75 bits per heavy atom. The lowest BCUT2D eigenvalue weighted by molar-refractivity contribution is -0.132. The van der Waals surface area contributed by atoms with Crippen LogP contribution in [0.3, 0.4) is 0 Å². The van der Waals surface area contributed by atoms with Crippen LogP contribution in [0.1, 0.15) is 38.7 Å². The normalized spacial score (nSPS) is 18.0. The molecule has 1 fully saturated rings. The fraction of sp³-hybridized carbons (Fsp3) is 0.579. The van der Waals surface area contributed by atoms with Gasteiger partial charge in [0, 0.05) is 45.6 Å². The van der Waals surface area contributed by atoms with E-state index >= 15 is 0 Å². The van der Waals surface area contributed by atoms with Crippen LogP contribution in [0.2, 0.25) is 0 Å². The first-order chi connectivity index (χ1) is 11.5. The zero-order valence-corrected chi connectivity index (χ0v) is 15.0. The number of amides is 2. The summed E-state index contributed by atoms with van der Waals surface area (Å²) in [6.07, 6.45) is 0.996. The van der Waals surface area contributed by atoms with Gasteiger partial charge in [-0.2, -0.15) is 0 Å². The van der Waals surface area contributed by atoms with Gasteiger partial charge in [-0.3, -0.25) is 14.5 Å². The third-order valence-electron chi connectivity index (χ3n) is 4.97. The number of benzene rings is 1. The monoisotopic (exact) mass is 331 g/mol. The summed E-state index contributed by atoms with van der Waals surface area (Å²) in [4.78, 5) is 27.8. The van der Waals surface area contributed by atoms with E-state index in [0.717, 1.165) is 19.5 Å². The Hall–Kier alpha value is -1.88. The summed E-state index contributed by atoms with van der Waals surface area (Å²) < 4.78 is 0. The minimum Gasteiger partial charge on any atom is -0.354 e. The second-order valence-corrected chi connectivity index (χ2v) is 6.48. The van der Waals surface area contributed by atoms with Gasteiger partial charge in [-0.15, -0.1) is 0 Å². The molecule has 1 aliphatic rings. The predicted molar refractivity (Wildman–Crippen MR) is 95.8 cm³/mol. The highest BCUT2D eigenvalue weighted by atomic mass is 16.2. The molecule has 1 saturated heterocycles. The number of piperazine rings is 1. The van der Waals surface area contributed by atoms with E-state index in [9.17, 15) is 9.59 Å². The summed E-state index contributed by atoms with van der Waals surface area (Å²) in [5.41, 5.74) is 1.27. The predicted octanol–water partition coefficient (Wildman–Crippen LogP) is 1.85. The fourth-order valence-corrected chi connectivity index (χ4v) is 3.18. The first-order valence-electron chi connectivity index (χ1n) is 8.85. The van der Waals surface area contributed by atoms with Crippen molar-refractivity contribution >= 4 is 11.8 Å². The minimum atomic E-state index is -0.160. The van der Waals surface area contributed by atoms with Crippen LogP contribution in [-0.4, -0.2) is 60.4 Å². The van der Waals surface area contributed by atoms with E-state index in [2.05, 4.69) is 29.3 Å². The van der Waals surface area contributed by atoms with E-state index in [1.54, 1.807) is 6.92 Å². The molecule has 5 heteroatoms. The van der Waals surface area contributed by atoms with Crippen LogP contribution in [-0.2, 0) is 9.59 Å². The van der Waals surface area contributed by atoms with Crippen LogP contribution >= 0.6 is 0 Å². The van der Waals surface area contributed by atoms with Gasteiger partial charge in [-0.1, -0.05) is 37.3 Å². The van der Waals surface area contributed by atoms with Gasteiger partial charge >= 0.3 is 0 Å². The molecule has 1 aromatic carbocycles. The van der Waals surface area contributed by atoms with Gasteiger partial charge in [0.1, 0.15) is 0 Å². The zero-order valence-electron chi connectivity index (χ0n) is 15.0. The lowest BCUT2D eigenvalue weighted by Gasteiger charge is -2.37. The molecule has 1 heterocycles.